The number of amides is 1. The second kappa shape index (κ2) is 8.20. The van der Waals surface area contributed by atoms with Crippen molar-refractivity contribution < 1.29 is 13.2 Å². The molecule has 6 heteroatoms. The van der Waals surface area contributed by atoms with Gasteiger partial charge in [0.05, 0.1) is 10.6 Å². The lowest BCUT2D eigenvalue weighted by Crippen LogP contribution is -2.39. The first-order valence-electron chi connectivity index (χ1n) is 9.54. The average molecular weight is 482 g/mol. The summed E-state index contributed by atoms with van der Waals surface area (Å²) in [6.07, 6.45) is 1.96. The summed E-state index contributed by atoms with van der Waals surface area (Å²) in [7, 11) is -4.05. The average Bonchev–Trinajstić information content (AvgIpc) is 2.74. The maximum absolute atomic E-state index is 13.5. The van der Waals surface area contributed by atoms with Crippen molar-refractivity contribution >= 4 is 37.6 Å². The van der Waals surface area contributed by atoms with E-state index in [1.165, 1.54) is 0 Å². The lowest BCUT2D eigenvalue weighted by atomic mass is 9.90. The van der Waals surface area contributed by atoms with Gasteiger partial charge in [-0.25, -0.2) is 12.7 Å². The molecule has 1 amide bonds. The van der Waals surface area contributed by atoms with Crippen LogP contribution < -0.4 is 0 Å². The highest BCUT2D eigenvalue weighted by atomic mass is 79.9. The van der Waals surface area contributed by atoms with Crippen LogP contribution in [0.25, 0.3) is 5.70 Å². The Morgan fingerprint density at radius 3 is 2.20 bits per heavy atom. The summed E-state index contributed by atoms with van der Waals surface area (Å²) in [5, 5.41) is 0. The van der Waals surface area contributed by atoms with Gasteiger partial charge in [-0.15, -0.1) is 0 Å². The van der Waals surface area contributed by atoms with Crippen molar-refractivity contribution in [2.45, 2.75) is 24.2 Å². The molecule has 3 aromatic carbocycles. The molecule has 0 saturated heterocycles. The Morgan fingerprint density at radius 1 is 0.900 bits per heavy atom. The van der Waals surface area contributed by atoms with Crippen molar-refractivity contribution in [1.82, 2.24) is 4.31 Å². The minimum absolute atomic E-state index is 0.0864. The highest BCUT2D eigenvalue weighted by Gasteiger charge is 2.38. The Labute approximate surface area is 185 Å². The van der Waals surface area contributed by atoms with E-state index in [9.17, 15) is 13.2 Å². The molecule has 0 aromatic heterocycles. The zero-order valence-electron chi connectivity index (χ0n) is 16.3. The SMILES string of the molecule is Cc1ccc(S(=O)(=O)N2C(=O)C[C@H](c3ccccc3)C=C2c2ccccc2Br)cc1. The number of benzene rings is 3. The Hall–Kier alpha value is -2.70. The molecule has 4 rings (SSSR count). The summed E-state index contributed by atoms with van der Waals surface area (Å²) >= 11 is 3.51. The summed E-state index contributed by atoms with van der Waals surface area (Å²) in [5.74, 6) is -0.650. The minimum Gasteiger partial charge on any atom is -0.273 e. The number of aryl methyl sites for hydroxylation is 1. The summed E-state index contributed by atoms with van der Waals surface area (Å²) in [5.41, 5.74) is 2.95. The van der Waals surface area contributed by atoms with Crippen molar-refractivity contribution in [3.63, 3.8) is 0 Å². The minimum atomic E-state index is -4.05. The van der Waals surface area contributed by atoms with Crippen LogP contribution in [-0.4, -0.2) is 18.6 Å². The number of rotatable bonds is 4. The number of sulfonamides is 1. The van der Waals surface area contributed by atoms with E-state index < -0.39 is 15.9 Å². The van der Waals surface area contributed by atoms with E-state index >= 15 is 0 Å². The van der Waals surface area contributed by atoms with Crippen LogP contribution >= 0.6 is 15.9 Å². The molecule has 0 spiro atoms. The van der Waals surface area contributed by atoms with Crippen molar-refractivity contribution in [2.75, 3.05) is 0 Å². The van der Waals surface area contributed by atoms with Gasteiger partial charge in [-0.2, -0.15) is 0 Å². The van der Waals surface area contributed by atoms with Gasteiger partial charge in [0.15, 0.2) is 0 Å². The van der Waals surface area contributed by atoms with Gasteiger partial charge in [0, 0.05) is 22.4 Å². The molecule has 0 fully saturated rings. The van der Waals surface area contributed by atoms with E-state index in [2.05, 4.69) is 15.9 Å². The summed E-state index contributed by atoms with van der Waals surface area (Å²) < 4.78 is 28.7. The second-order valence-corrected chi connectivity index (χ2v) is 9.87. The topological polar surface area (TPSA) is 54.5 Å². The smallest absolute Gasteiger partial charge is 0.270 e. The van der Waals surface area contributed by atoms with Crippen LogP contribution in [0.5, 0.6) is 0 Å². The second-order valence-electron chi connectivity index (χ2n) is 7.23. The Morgan fingerprint density at radius 2 is 1.53 bits per heavy atom. The van der Waals surface area contributed by atoms with Gasteiger partial charge < -0.3 is 0 Å². The first kappa shape index (κ1) is 20.6. The first-order chi connectivity index (χ1) is 14.4. The van der Waals surface area contributed by atoms with Crippen molar-refractivity contribution in [3.8, 4) is 0 Å². The van der Waals surface area contributed by atoms with Crippen molar-refractivity contribution in [3.05, 3.63) is 106 Å². The molecule has 0 saturated carbocycles. The van der Waals surface area contributed by atoms with Crippen LogP contribution in [0.15, 0.2) is 94.3 Å². The van der Waals surface area contributed by atoms with Crippen LogP contribution in [0.3, 0.4) is 0 Å². The first-order valence-corrected chi connectivity index (χ1v) is 11.8. The quantitative estimate of drug-likeness (QED) is 0.493. The normalized spacial score (nSPS) is 17.0. The van der Waals surface area contributed by atoms with E-state index in [1.807, 2.05) is 67.6 Å². The largest absolute Gasteiger partial charge is 0.273 e. The zero-order valence-corrected chi connectivity index (χ0v) is 18.7. The molecule has 1 heterocycles. The van der Waals surface area contributed by atoms with Crippen LogP contribution in [0, 0.1) is 6.92 Å². The highest BCUT2D eigenvalue weighted by molar-refractivity contribution is 9.10. The van der Waals surface area contributed by atoms with Gasteiger partial charge in [0.1, 0.15) is 0 Å². The molecule has 1 aliphatic rings. The summed E-state index contributed by atoms with van der Waals surface area (Å²) in [6.45, 7) is 1.89. The number of carbonyl (C=O) groups is 1. The van der Waals surface area contributed by atoms with Gasteiger partial charge in [0.25, 0.3) is 10.0 Å². The van der Waals surface area contributed by atoms with Crippen molar-refractivity contribution in [1.29, 1.82) is 0 Å². The van der Waals surface area contributed by atoms with E-state index in [-0.39, 0.29) is 17.2 Å². The third-order valence-corrected chi connectivity index (χ3v) is 7.58. The molecule has 3 aromatic rings. The molecule has 30 heavy (non-hydrogen) atoms. The fourth-order valence-electron chi connectivity index (χ4n) is 3.58. The monoisotopic (exact) mass is 481 g/mol. The van der Waals surface area contributed by atoms with Gasteiger partial charge in [-0.05, 0) is 30.7 Å². The van der Waals surface area contributed by atoms with Crippen LogP contribution in [-0.2, 0) is 14.8 Å². The van der Waals surface area contributed by atoms with E-state index in [1.54, 1.807) is 24.3 Å². The molecule has 152 valence electrons. The number of hydrogen-bond donors (Lipinski definition) is 0. The molecule has 0 unspecified atom stereocenters. The van der Waals surface area contributed by atoms with E-state index in [0.29, 0.717) is 11.3 Å². The van der Waals surface area contributed by atoms with Gasteiger partial charge in [-0.1, -0.05) is 88.2 Å². The molecular formula is C24H20BrNO3S. The zero-order chi connectivity index (χ0) is 21.3. The van der Waals surface area contributed by atoms with Crippen LogP contribution in [0.2, 0.25) is 0 Å². The standard InChI is InChI=1S/C24H20BrNO3S/c1-17-11-13-20(14-12-17)30(28,29)26-23(21-9-5-6-10-22(21)25)15-19(16-24(26)27)18-7-3-2-4-8-18/h2-15,19H,16H2,1H3/t19-/m1/s1. The number of allylic oxidation sites excluding steroid dienone is 1. The number of nitrogens with zero attached hydrogens (tertiary/aromatic N) is 1. The third-order valence-electron chi connectivity index (χ3n) is 5.14. The predicted molar refractivity (Wildman–Crippen MR) is 121 cm³/mol. The molecule has 0 bridgehead atoms. The Kier molecular flexibility index (Phi) is 5.62. The molecule has 0 radical (unpaired) electrons. The molecule has 1 aliphatic heterocycles. The molecule has 0 aliphatic carbocycles. The Bertz CT molecular complexity index is 1220. The third kappa shape index (κ3) is 3.85. The number of halogens is 1. The van der Waals surface area contributed by atoms with Crippen LogP contribution in [0.1, 0.15) is 29.0 Å². The van der Waals surface area contributed by atoms with Gasteiger partial charge in [-0.3, -0.25) is 4.79 Å². The molecule has 0 N–H and O–H groups in total. The maximum Gasteiger partial charge on any atom is 0.270 e. The number of hydrogen-bond acceptors (Lipinski definition) is 3. The van der Waals surface area contributed by atoms with Crippen molar-refractivity contribution in [2.24, 2.45) is 0 Å². The summed E-state index contributed by atoms with van der Waals surface area (Å²) in [4.78, 5) is 13.3. The van der Waals surface area contributed by atoms with Gasteiger partial charge in [0.2, 0.25) is 5.91 Å². The number of carbonyl (C=O) groups excluding carboxylic acids is 1. The molecular weight excluding hydrogens is 462 g/mol. The highest BCUT2D eigenvalue weighted by Crippen LogP contribution is 2.39. The lowest BCUT2D eigenvalue weighted by molar-refractivity contribution is -0.124. The Balaban J connectivity index is 1.89. The molecule has 1 atom stereocenters. The van der Waals surface area contributed by atoms with E-state index in [0.717, 1.165) is 19.9 Å². The predicted octanol–water partition coefficient (Wildman–Crippen LogP) is 5.50. The fourth-order valence-corrected chi connectivity index (χ4v) is 5.52. The van der Waals surface area contributed by atoms with E-state index in [4.69, 9.17) is 0 Å². The summed E-state index contributed by atoms with van der Waals surface area (Å²) in [6, 6.07) is 23.5. The lowest BCUT2D eigenvalue weighted by Gasteiger charge is -2.32. The fraction of sp³-hybridized carbons (Fsp3) is 0.125. The van der Waals surface area contributed by atoms with Crippen LogP contribution in [0.4, 0.5) is 0 Å². The van der Waals surface area contributed by atoms with Gasteiger partial charge >= 0.3 is 0 Å². The maximum atomic E-state index is 13.5. The molecule has 4 nitrogen and oxygen atoms in total.